The zero-order chi connectivity index (χ0) is 13.1. The van der Waals surface area contributed by atoms with Crippen LogP contribution in [0.2, 0.25) is 5.02 Å². The molecule has 0 amide bonds. The van der Waals surface area contributed by atoms with Crippen molar-refractivity contribution in [3.63, 3.8) is 0 Å². The largest absolute Gasteiger partial charge is 0.326 e. The molecule has 1 aromatic rings. The fourth-order valence-corrected chi connectivity index (χ4v) is 3.17. The fourth-order valence-electron chi connectivity index (χ4n) is 2.92. The van der Waals surface area contributed by atoms with Crippen molar-refractivity contribution < 1.29 is 0 Å². The molecule has 3 heteroatoms. The Bertz CT molecular complexity index is 392. The molecular weight excluding hydrogens is 244 g/mol. The molecule has 100 valence electrons. The van der Waals surface area contributed by atoms with Crippen LogP contribution in [0, 0.1) is 0 Å². The summed E-state index contributed by atoms with van der Waals surface area (Å²) in [5.74, 6) is 0. The molecule has 1 saturated heterocycles. The fraction of sp³-hybridized carbons (Fsp3) is 0.600. The Labute approximate surface area is 115 Å². The van der Waals surface area contributed by atoms with Crippen LogP contribution >= 0.6 is 11.6 Å². The molecule has 2 nitrogen and oxygen atoms in total. The first-order valence-electron chi connectivity index (χ1n) is 6.87. The van der Waals surface area contributed by atoms with E-state index >= 15 is 0 Å². The van der Waals surface area contributed by atoms with E-state index in [1.54, 1.807) is 0 Å². The summed E-state index contributed by atoms with van der Waals surface area (Å²) in [5.41, 5.74) is 7.59. The van der Waals surface area contributed by atoms with E-state index in [1.807, 2.05) is 12.1 Å². The van der Waals surface area contributed by atoms with E-state index in [9.17, 15) is 0 Å². The summed E-state index contributed by atoms with van der Waals surface area (Å²) in [4.78, 5) is 2.50. The van der Waals surface area contributed by atoms with Gasteiger partial charge < -0.3 is 5.73 Å². The molecule has 1 heterocycles. The Morgan fingerprint density at radius 2 is 2.00 bits per heavy atom. The van der Waals surface area contributed by atoms with Crippen molar-refractivity contribution >= 4 is 11.6 Å². The predicted molar refractivity (Wildman–Crippen MR) is 77.9 cm³/mol. The zero-order valence-corrected chi connectivity index (χ0v) is 12.0. The Hall–Kier alpha value is -0.570. The monoisotopic (exact) mass is 266 g/mol. The van der Waals surface area contributed by atoms with Crippen LogP contribution in [0.25, 0.3) is 0 Å². The molecule has 2 atom stereocenters. The van der Waals surface area contributed by atoms with Crippen molar-refractivity contribution in [2.75, 3.05) is 6.54 Å². The van der Waals surface area contributed by atoms with E-state index in [1.165, 1.54) is 18.4 Å². The van der Waals surface area contributed by atoms with Gasteiger partial charge >= 0.3 is 0 Å². The Morgan fingerprint density at radius 3 is 2.67 bits per heavy atom. The maximum atomic E-state index is 6.41. The average Bonchev–Trinajstić information content (AvgIpc) is 2.52. The van der Waals surface area contributed by atoms with Gasteiger partial charge in [-0.1, -0.05) is 36.2 Å². The number of nitrogens with two attached hydrogens (primary N) is 1. The number of likely N-dealkylation sites (tertiary alicyclic amines) is 1. The molecule has 0 spiro atoms. The maximum absolute atomic E-state index is 6.41. The zero-order valence-electron chi connectivity index (χ0n) is 11.3. The van der Waals surface area contributed by atoms with Gasteiger partial charge in [-0.05, 0) is 44.9 Å². The third kappa shape index (κ3) is 2.87. The highest BCUT2D eigenvalue weighted by atomic mass is 35.5. The molecule has 1 fully saturated rings. The van der Waals surface area contributed by atoms with E-state index in [2.05, 4.69) is 30.9 Å². The number of hydrogen-bond acceptors (Lipinski definition) is 2. The number of nitrogens with zero attached hydrogens (tertiary/aromatic N) is 1. The second kappa shape index (κ2) is 6.05. The molecule has 0 bridgehead atoms. The average molecular weight is 267 g/mol. The molecule has 2 N–H and O–H groups in total. The summed E-state index contributed by atoms with van der Waals surface area (Å²) in [7, 11) is 0. The standard InChI is InChI=1S/C15H23ClN2/c1-11(2)18-10-6-5-9-14(17)15(18)12-7-3-4-8-13(12)16/h3-4,7-8,11,14-15H,5-6,9-10,17H2,1-2H3. The highest BCUT2D eigenvalue weighted by molar-refractivity contribution is 6.31. The molecule has 0 aliphatic carbocycles. The van der Waals surface area contributed by atoms with Gasteiger partial charge in [0.25, 0.3) is 0 Å². The van der Waals surface area contributed by atoms with E-state index in [0.717, 1.165) is 18.0 Å². The molecule has 0 aromatic heterocycles. The van der Waals surface area contributed by atoms with Gasteiger partial charge in [0.05, 0.1) is 6.04 Å². The molecule has 1 aliphatic heterocycles. The van der Waals surface area contributed by atoms with Crippen LogP contribution in [0.15, 0.2) is 24.3 Å². The third-order valence-corrected chi connectivity index (χ3v) is 4.20. The van der Waals surface area contributed by atoms with Gasteiger partial charge in [0.15, 0.2) is 0 Å². The molecule has 0 saturated carbocycles. The maximum Gasteiger partial charge on any atom is 0.0516 e. The third-order valence-electron chi connectivity index (χ3n) is 3.85. The number of benzene rings is 1. The molecule has 2 rings (SSSR count). The lowest BCUT2D eigenvalue weighted by atomic mass is 9.95. The summed E-state index contributed by atoms with van der Waals surface area (Å²) in [6.45, 7) is 5.59. The van der Waals surface area contributed by atoms with E-state index < -0.39 is 0 Å². The van der Waals surface area contributed by atoms with Crippen molar-refractivity contribution in [1.82, 2.24) is 4.90 Å². The number of rotatable bonds is 2. The summed E-state index contributed by atoms with van der Waals surface area (Å²) < 4.78 is 0. The van der Waals surface area contributed by atoms with E-state index in [-0.39, 0.29) is 12.1 Å². The SMILES string of the molecule is CC(C)N1CCCCC(N)C1c1ccccc1Cl. The predicted octanol–water partition coefficient (Wildman–Crippen LogP) is 3.60. The summed E-state index contributed by atoms with van der Waals surface area (Å²) >= 11 is 6.36. The first kappa shape index (κ1) is 13.9. The molecule has 1 aromatic carbocycles. The Kier molecular flexibility index (Phi) is 4.66. The minimum absolute atomic E-state index is 0.176. The molecule has 0 radical (unpaired) electrons. The Balaban J connectivity index is 2.37. The second-order valence-corrected chi connectivity index (χ2v) is 5.86. The van der Waals surface area contributed by atoms with Crippen LogP contribution < -0.4 is 5.73 Å². The Morgan fingerprint density at radius 1 is 1.28 bits per heavy atom. The van der Waals surface area contributed by atoms with Crippen LogP contribution in [0.1, 0.15) is 44.7 Å². The van der Waals surface area contributed by atoms with Crippen LogP contribution in [-0.4, -0.2) is 23.5 Å². The van der Waals surface area contributed by atoms with Crippen molar-refractivity contribution in [3.8, 4) is 0 Å². The quantitative estimate of drug-likeness (QED) is 0.886. The van der Waals surface area contributed by atoms with Crippen molar-refractivity contribution in [3.05, 3.63) is 34.9 Å². The first-order valence-corrected chi connectivity index (χ1v) is 7.25. The smallest absolute Gasteiger partial charge is 0.0516 e. The van der Waals surface area contributed by atoms with Crippen LogP contribution in [0.3, 0.4) is 0 Å². The van der Waals surface area contributed by atoms with Gasteiger partial charge in [-0.15, -0.1) is 0 Å². The van der Waals surface area contributed by atoms with Gasteiger partial charge in [0, 0.05) is 17.1 Å². The number of halogens is 1. The van der Waals surface area contributed by atoms with Gasteiger partial charge in [-0.2, -0.15) is 0 Å². The molecule has 2 unspecified atom stereocenters. The normalized spacial score (nSPS) is 26.3. The molecule has 18 heavy (non-hydrogen) atoms. The lowest BCUT2D eigenvalue weighted by Crippen LogP contribution is -2.43. The van der Waals surface area contributed by atoms with Crippen molar-refractivity contribution in [2.24, 2.45) is 5.73 Å². The minimum atomic E-state index is 0.176. The minimum Gasteiger partial charge on any atom is -0.326 e. The lowest BCUT2D eigenvalue weighted by molar-refractivity contribution is 0.144. The summed E-state index contributed by atoms with van der Waals surface area (Å²) in [6.07, 6.45) is 3.53. The molecule has 1 aliphatic rings. The van der Waals surface area contributed by atoms with Gasteiger partial charge in [-0.25, -0.2) is 0 Å². The van der Waals surface area contributed by atoms with Crippen molar-refractivity contribution in [2.45, 2.75) is 51.2 Å². The topological polar surface area (TPSA) is 29.3 Å². The van der Waals surface area contributed by atoms with Crippen molar-refractivity contribution in [1.29, 1.82) is 0 Å². The van der Waals surface area contributed by atoms with Gasteiger partial charge in [0.1, 0.15) is 0 Å². The summed E-state index contributed by atoms with van der Waals surface area (Å²) in [6, 6.07) is 9.04. The van der Waals surface area contributed by atoms with Crippen LogP contribution in [0.5, 0.6) is 0 Å². The first-order chi connectivity index (χ1) is 8.61. The number of hydrogen-bond donors (Lipinski definition) is 1. The summed E-state index contributed by atoms with van der Waals surface area (Å²) in [5, 5.41) is 0.838. The lowest BCUT2D eigenvalue weighted by Gasteiger charge is -2.37. The van der Waals surface area contributed by atoms with Gasteiger partial charge in [-0.3, -0.25) is 4.90 Å². The van der Waals surface area contributed by atoms with Crippen LogP contribution in [-0.2, 0) is 0 Å². The van der Waals surface area contributed by atoms with E-state index in [0.29, 0.717) is 6.04 Å². The second-order valence-electron chi connectivity index (χ2n) is 5.46. The highest BCUT2D eigenvalue weighted by Gasteiger charge is 2.31. The highest BCUT2D eigenvalue weighted by Crippen LogP contribution is 2.34. The van der Waals surface area contributed by atoms with E-state index in [4.69, 9.17) is 17.3 Å². The van der Waals surface area contributed by atoms with Crippen LogP contribution in [0.4, 0.5) is 0 Å². The molecular formula is C15H23ClN2. The van der Waals surface area contributed by atoms with Gasteiger partial charge in [0.2, 0.25) is 0 Å².